The topological polar surface area (TPSA) is 132 Å². The zero-order chi connectivity index (χ0) is 30.2. The van der Waals surface area contributed by atoms with E-state index in [1.165, 1.54) is 11.6 Å². The van der Waals surface area contributed by atoms with Crippen molar-refractivity contribution in [3.05, 3.63) is 113 Å². The number of allylic oxidation sites excluding steroid dienone is 6. The molecule has 0 fully saturated rings. The van der Waals surface area contributed by atoms with Crippen LogP contribution < -0.4 is 16.1 Å². The Balaban J connectivity index is 1.94. The molecule has 2 unspecified atom stereocenters. The first kappa shape index (κ1) is 30.9. The number of nitrogens with one attached hydrogen (secondary N) is 3. The standard InChI is InChI=1S/C33H31N5O4/c1-3-24-9-5-16-29(23-35-20-8-12-24)37-33(41)31(27-14-4-10-26(21-27)17-18-30(39)38-42)32(40)36-28-15-6-11-25(22-28)13-7-19-34-2/h1,4-22,24,31,42H,23H2,2H3,(H,36,40)(H,37,41)(H,38,39)/b9-5-,12-8-,13-7-,18-17+,29-16+,34-19?,35-20?. The number of anilines is 1. The second kappa shape index (κ2) is 16.5. The highest BCUT2D eigenvalue weighted by molar-refractivity contribution is 6.11. The van der Waals surface area contributed by atoms with E-state index in [-0.39, 0.29) is 12.5 Å². The lowest BCUT2D eigenvalue weighted by atomic mass is 9.94. The second-order valence-corrected chi connectivity index (χ2v) is 8.93. The summed E-state index contributed by atoms with van der Waals surface area (Å²) in [5.74, 6) is -0.714. The monoisotopic (exact) mass is 561 g/mol. The van der Waals surface area contributed by atoms with E-state index in [2.05, 4.69) is 26.5 Å². The first-order chi connectivity index (χ1) is 20.4. The molecule has 0 spiro atoms. The number of amides is 3. The van der Waals surface area contributed by atoms with Crippen LogP contribution in [0.15, 0.2) is 107 Å². The van der Waals surface area contributed by atoms with E-state index in [9.17, 15) is 14.4 Å². The van der Waals surface area contributed by atoms with E-state index < -0.39 is 23.6 Å². The molecule has 0 aromatic heterocycles. The predicted molar refractivity (Wildman–Crippen MR) is 167 cm³/mol. The van der Waals surface area contributed by atoms with Gasteiger partial charge < -0.3 is 10.6 Å². The maximum Gasteiger partial charge on any atom is 0.267 e. The molecule has 1 aliphatic heterocycles. The maximum absolute atomic E-state index is 13.7. The SMILES string of the molecule is C#CC1/C=C\C=NC/C(NC(=O)C(C(=O)Nc2cccc(/C=C\C=NC)c2)c2cccc(/C=C/C(=O)NO)c2)=C\C=C/1. The number of benzene rings is 2. The fourth-order valence-corrected chi connectivity index (χ4v) is 3.86. The number of aliphatic imine (C=N–C) groups is 2. The van der Waals surface area contributed by atoms with E-state index >= 15 is 0 Å². The molecule has 0 radical (unpaired) electrons. The minimum Gasteiger partial charge on any atom is -0.327 e. The summed E-state index contributed by atoms with van der Waals surface area (Å²) in [5, 5.41) is 14.5. The summed E-state index contributed by atoms with van der Waals surface area (Å²) in [5.41, 5.74) is 4.26. The number of carbonyl (C=O) groups excluding carboxylic acids is 3. The van der Waals surface area contributed by atoms with Crippen LogP contribution >= 0.6 is 0 Å². The number of rotatable bonds is 9. The van der Waals surface area contributed by atoms with Crippen LogP contribution in [-0.2, 0) is 14.4 Å². The zero-order valence-electron chi connectivity index (χ0n) is 23.0. The highest BCUT2D eigenvalue weighted by Gasteiger charge is 2.29. The molecule has 2 aromatic rings. The van der Waals surface area contributed by atoms with Gasteiger partial charge in [0.1, 0.15) is 5.92 Å². The van der Waals surface area contributed by atoms with Crippen molar-refractivity contribution >= 4 is 48.0 Å². The van der Waals surface area contributed by atoms with Crippen LogP contribution in [0.5, 0.6) is 0 Å². The van der Waals surface area contributed by atoms with Gasteiger partial charge in [0.15, 0.2) is 0 Å². The van der Waals surface area contributed by atoms with Gasteiger partial charge in [-0.1, -0.05) is 66.6 Å². The number of carbonyl (C=O) groups is 3. The van der Waals surface area contributed by atoms with Gasteiger partial charge in [0.25, 0.3) is 5.91 Å². The Morgan fingerprint density at radius 1 is 1.05 bits per heavy atom. The third-order valence-electron chi connectivity index (χ3n) is 5.85. The Bertz CT molecular complexity index is 1540. The summed E-state index contributed by atoms with van der Waals surface area (Å²) in [6.07, 6.45) is 23.8. The van der Waals surface area contributed by atoms with Crippen molar-refractivity contribution in [3.8, 4) is 12.3 Å². The zero-order valence-corrected chi connectivity index (χ0v) is 23.0. The van der Waals surface area contributed by atoms with Gasteiger partial charge >= 0.3 is 0 Å². The first-order valence-corrected chi connectivity index (χ1v) is 13.0. The molecule has 1 aliphatic rings. The van der Waals surface area contributed by atoms with Crippen molar-refractivity contribution in [3.63, 3.8) is 0 Å². The van der Waals surface area contributed by atoms with Crippen molar-refractivity contribution in [1.29, 1.82) is 0 Å². The van der Waals surface area contributed by atoms with Gasteiger partial charge in [0.05, 0.1) is 12.5 Å². The summed E-state index contributed by atoms with van der Waals surface area (Å²) < 4.78 is 0. The lowest BCUT2D eigenvalue weighted by Crippen LogP contribution is -2.37. The molecule has 0 bridgehead atoms. The van der Waals surface area contributed by atoms with E-state index in [1.807, 2.05) is 18.2 Å². The van der Waals surface area contributed by atoms with Crippen LogP contribution in [0.4, 0.5) is 5.69 Å². The third kappa shape index (κ3) is 9.86. The summed E-state index contributed by atoms with van der Waals surface area (Å²) in [4.78, 5) is 47.1. The number of nitrogens with zero attached hydrogens (tertiary/aromatic N) is 2. The molecule has 9 heteroatoms. The fourth-order valence-electron chi connectivity index (χ4n) is 3.86. The number of hydrogen-bond donors (Lipinski definition) is 4. The molecule has 3 rings (SSSR count). The molecule has 9 nitrogen and oxygen atoms in total. The first-order valence-electron chi connectivity index (χ1n) is 13.0. The van der Waals surface area contributed by atoms with Crippen LogP contribution in [0.3, 0.4) is 0 Å². The minimum absolute atomic E-state index is 0.171. The molecule has 2 aromatic carbocycles. The number of terminal acetylenes is 1. The Kier molecular flexibility index (Phi) is 12.2. The lowest BCUT2D eigenvalue weighted by Gasteiger charge is -2.19. The van der Waals surface area contributed by atoms with Crippen molar-refractivity contribution < 1.29 is 19.6 Å². The van der Waals surface area contributed by atoms with Crippen molar-refractivity contribution in [1.82, 2.24) is 10.8 Å². The Morgan fingerprint density at radius 2 is 1.79 bits per heavy atom. The molecule has 0 saturated carbocycles. The van der Waals surface area contributed by atoms with Crippen LogP contribution in [0.2, 0.25) is 0 Å². The number of hydroxylamine groups is 1. The molecule has 42 heavy (non-hydrogen) atoms. The lowest BCUT2D eigenvalue weighted by molar-refractivity contribution is -0.128. The summed E-state index contributed by atoms with van der Waals surface area (Å²) in [7, 11) is 1.67. The van der Waals surface area contributed by atoms with E-state index in [0.29, 0.717) is 22.5 Å². The van der Waals surface area contributed by atoms with Crippen molar-refractivity contribution in [2.24, 2.45) is 15.9 Å². The Morgan fingerprint density at radius 3 is 2.55 bits per heavy atom. The molecule has 212 valence electrons. The van der Waals surface area contributed by atoms with Gasteiger partial charge in [-0.25, -0.2) is 5.48 Å². The van der Waals surface area contributed by atoms with Gasteiger partial charge in [0.2, 0.25) is 11.8 Å². The predicted octanol–water partition coefficient (Wildman–Crippen LogP) is 4.09. The van der Waals surface area contributed by atoms with Crippen molar-refractivity contribution in [2.45, 2.75) is 5.92 Å². The smallest absolute Gasteiger partial charge is 0.267 e. The maximum atomic E-state index is 13.7. The van der Waals surface area contributed by atoms with Gasteiger partial charge in [-0.15, -0.1) is 6.42 Å². The van der Waals surface area contributed by atoms with Crippen LogP contribution in [0.25, 0.3) is 12.2 Å². The Labute approximate surface area is 244 Å². The van der Waals surface area contributed by atoms with Gasteiger partial charge in [-0.3, -0.25) is 29.6 Å². The van der Waals surface area contributed by atoms with E-state index in [0.717, 1.165) is 11.6 Å². The molecular formula is C33H31N5O4. The van der Waals surface area contributed by atoms with Gasteiger partial charge in [-0.2, -0.15) is 0 Å². The Hall–Kier alpha value is -5.59. The number of hydrogen-bond acceptors (Lipinski definition) is 6. The summed E-state index contributed by atoms with van der Waals surface area (Å²) >= 11 is 0. The quantitative estimate of drug-likeness (QED) is 0.0917. The van der Waals surface area contributed by atoms with Crippen molar-refractivity contribution in [2.75, 3.05) is 18.9 Å². The van der Waals surface area contributed by atoms with Crippen LogP contribution in [0.1, 0.15) is 22.6 Å². The highest BCUT2D eigenvalue weighted by atomic mass is 16.5. The largest absolute Gasteiger partial charge is 0.327 e. The molecule has 4 N–H and O–H groups in total. The van der Waals surface area contributed by atoms with Gasteiger partial charge in [0, 0.05) is 36.9 Å². The van der Waals surface area contributed by atoms with E-state index in [1.54, 1.807) is 92.3 Å². The minimum atomic E-state index is -1.26. The van der Waals surface area contributed by atoms with Gasteiger partial charge in [-0.05, 0) is 53.1 Å². The molecule has 0 saturated heterocycles. The fraction of sp³-hybridized carbons (Fsp3) is 0.121. The average molecular weight is 562 g/mol. The molecule has 1 heterocycles. The molecule has 0 aliphatic carbocycles. The molecule has 3 amide bonds. The summed E-state index contributed by atoms with van der Waals surface area (Å²) in [6.45, 7) is 0.171. The summed E-state index contributed by atoms with van der Waals surface area (Å²) in [6, 6.07) is 13.8. The normalized spacial score (nSPS) is 18.5. The average Bonchev–Trinajstić information content (AvgIpc) is 2.99. The third-order valence-corrected chi connectivity index (χ3v) is 5.85. The molecule has 2 atom stereocenters. The molecular weight excluding hydrogens is 530 g/mol. The van der Waals surface area contributed by atoms with E-state index in [4.69, 9.17) is 11.6 Å². The second-order valence-electron chi connectivity index (χ2n) is 8.93. The van der Waals surface area contributed by atoms with Crippen LogP contribution in [0, 0.1) is 18.3 Å². The van der Waals surface area contributed by atoms with Crippen LogP contribution in [-0.4, -0.2) is 49.0 Å². The highest BCUT2D eigenvalue weighted by Crippen LogP contribution is 2.22.